The number of rotatable bonds is 8. The molecule has 0 aliphatic rings. The average molecular weight is 402 g/mol. The van der Waals surface area contributed by atoms with E-state index in [-0.39, 0.29) is 19.1 Å². The van der Waals surface area contributed by atoms with Gasteiger partial charge in [-0.05, 0) is 30.2 Å². The van der Waals surface area contributed by atoms with Gasteiger partial charge < -0.3 is 14.8 Å². The lowest BCUT2D eigenvalue weighted by Crippen LogP contribution is -2.35. The second kappa shape index (κ2) is 9.62. The van der Waals surface area contributed by atoms with Crippen LogP contribution in [0.25, 0.3) is 0 Å². The van der Waals surface area contributed by atoms with Crippen molar-refractivity contribution in [3.8, 4) is 5.75 Å². The van der Waals surface area contributed by atoms with Gasteiger partial charge in [-0.3, -0.25) is 4.79 Å². The molecule has 4 nitrogen and oxygen atoms in total. The number of ether oxygens (including phenoxy) is 2. The molecule has 27 heavy (non-hydrogen) atoms. The van der Waals surface area contributed by atoms with Gasteiger partial charge >= 0.3 is 6.18 Å². The number of hydrogen-bond acceptors (Lipinski definition) is 3. The van der Waals surface area contributed by atoms with E-state index in [9.17, 15) is 18.0 Å². The van der Waals surface area contributed by atoms with Gasteiger partial charge in [0.1, 0.15) is 12.4 Å². The summed E-state index contributed by atoms with van der Waals surface area (Å²) in [6.45, 7) is 0.460. The molecular weight excluding hydrogens is 383 g/mol. The summed E-state index contributed by atoms with van der Waals surface area (Å²) < 4.78 is 46.3. The maximum atomic E-state index is 12.1. The first kappa shape index (κ1) is 21.1. The van der Waals surface area contributed by atoms with Crippen LogP contribution in [0.15, 0.2) is 48.5 Å². The number of benzene rings is 2. The maximum Gasteiger partial charge on any atom is 0.411 e. The number of nitrogens with one attached hydrogen (secondary N) is 1. The first-order valence-corrected chi connectivity index (χ1v) is 8.53. The van der Waals surface area contributed by atoms with Crippen molar-refractivity contribution in [2.24, 2.45) is 0 Å². The molecule has 2 aromatic rings. The quantitative estimate of drug-likeness (QED) is 0.708. The van der Waals surface area contributed by atoms with Crippen molar-refractivity contribution < 1.29 is 27.4 Å². The minimum atomic E-state index is -4.34. The summed E-state index contributed by atoms with van der Waals surface area (Å²) in [5.41, 5.74) is 1.41. The molecule has 1 amide bonds. The van der Waals surface area contributed by atoms with Crippen LogP contribution in [0, 0.1) is 0 Å². The molecule has 8 heteroatoms. The molecule has 1 N–H and O–H groups in total. The van der Waals surface area contributed by atoms with Crippen LogP contribution in [0.5, 0.6) is 5.75 Å². The Labute approximate surface area is 160 Å². The fraction of sp³-hybridized carbons (Fsp3) is 0.316. The summed E-state index contributed by atoms with van der Waals surface area (Å²) in [5.74, 6) is 0.109. The van der Waals surface area contributed by atoms with Gasteiger partial charge in [0.05, 0.1) is 11.6 Å². The van der Waals surface area contributed by atoms with E-state index in [1.165, 1.54) is 0 Å². The first-order valence-electron chi connectivity index (χ1n) is 8.16. The van der Waals surface area contributed by atoms with Crippen molar-refractivity contribution in [3.05, 3.63) is 64.7 Å². The highest BCUT2D eigenvalue weighted by Gasteiger charge is 2.27. The number of carbonyl (C=O) groups excluding carboxylic acids is 1. The SMILES string of the molecule is CC(Oc1ccccc1Cl)C(=O)NCc1ccc(COCC(F)(F)F)cc1. The summed E-state index contributed by atoms with van der Waals surface area (Å²) in [4.78, 5) is 12.1. The van der Waals surface area contributed by atoms with E-state index >= 15 is 0 Å². The summed E-state index contributed by atoms with van der Waals surface area (Å²) >= 11 is 5.99. The van der Waals surface area contributed by atoms with Crippen LogP contribution in [0.1, 0.15) is 18.1 Å². The maximum absolute atomic E-state index is 12.1. The Kier molecular flexibility index (Phi) is 7.50. The highest BCUT2D eigenvalue weighted by Crippen LogP contribution is 2.24. The fourth-order valence-corrected chi connectivity index (χ4v) is 2.34. The van der Waals surface area contributed by atoms with Gasteiger partial charge in [0, 0.05) is 6.54 Å². The van der Waals surface area contributed by atoms with E-state index in [1.54, 1.807) is 55.5 Å². The van der Waals surface area contributed by atoms with Gasteiger partial charge in [-0.25, -0.2) is 0 Å². The van der Waals surface area contributed by atoms with Gasteiger partial charge in [-0.2, -0.15) is 13.2 Å². The van der Waals surface area contributed by atoms with Crippen molar-refractivity contribution in [1.29, 1.82) is 0 Å². The summed E-state index contributed by atoms with van der Waals surface area (Å²) in [5, 5.41) is 3.15. The van der Waals surface area contributed by atoms with Gasteiger partial charge in [0.15, 0.2) is 6.10 Å². The normalized spacial score (nSPS) is 12.5. The van der Waals surface area contributed by atoms with Crippen molar-refractivity contribution in [3.63, 3.8) is 0 Å². The van der Waals surface area contributed by atoms with Crippen molar-refractivity contribution >= 4 is 17.5 Å². The number of hydrogen-bond donors (Lipinski definition) is 1. The van der Waals surface area contributed by atoms with Crippen LogP contribution >= 0.6 is 11.6 Å². The molecule has 0 aliphatic carbocycles. The molecule has 0 heterocycles. The monoisotopic (exact) mass is 401 g/mol. The molecule has 1 atom stereocenters. The Bertz CT molecular complexity index is 751. The zero-order valence-corrected chi connectivity index (χ0v) is 15.3. The number of carbonyl (C=O) groups is 1. The Morgan fingerprint density at radius 3 is 2.37 bits per heavy atom. The molecule has 0 bridgehead atoms. The lowest BCUT2D eigenvalue weighted by Gasteiger charge is -2.15. The van der Waals surface area contributed by atoms with Gasteiger partial charge in [-0.1, -0.05) is 48.0 Å². The highest BCUT2D eigenvalue weighted by molar-refractivity contribution is 6.32. The van der Waals surface area contributed by atoms with Crippen LogP contribution in [0.4, 0.5) is 13.2 Å². The minimum Gasteiger partial charge on any atom is -0.479 e. The molecule has 0 fully saturated rings. The molecule has 0 spiro atoms. The molecule has 2 aromatic carbocycles. The van der Waals surface area contributed by atoms with E-state index < -0.39 is 18.9 Å². The van der Waals surface area contributed by atoms with Crippen LogP contribution in [0.3, 0.4) is 0 Å². The van der Waals surface area contributed by atoms with E-state index in [2.05, 4.69) is 10.1 Å². The Balaban J connectivity index is 1.78. The Morgan fingerprint density at radius 1 is 1.11 bits per heavy atom. The third-order valence-electron chi connectivity index (χ3n) is 3.53. The summed E-state index contributed by atoms with van der Waals surface area (Å²) in [6, 6.07) is 13.6. The van der Waals surface area contributed by atoms with E-state index in [1.807, 2.05) is 0 Å². The number of halogens is 4. The molecule has 146 valence electrons. The lowest BCUT2D eigenvalue weighted by molar-refractivity contribution is -0.176. The average Bonchev–Trinajstić information content (AvgIpc) is 2.61. The minimum absolute atomic E-state index is 0.130. The van der Waals surface area contributed by atoms with Crippen LogP contribution < -0.4 is 10.1 Å². The van der Waals surface area contributed by atoms with Gasteiger partial charge in [0.25, 0.3) is 5.91 Å². The van der Waals surface area contributed by atoms with Gasteiger partial charge in [-0.15, -0.1) is 0 Å². The third kappa shape index (κ3) is 7.48. The molecular formula is C19H19ClF3NO3. The summed E-state index contributed by atoms with van der Waals surface area (Å²) in [7, 11) is 0. The highest BCUT2D eigenvalue weighted by atomic mass is 35.5. The topological polar surface area (TPSA) is 47.6 Å². The first-order chi connectivity index (χ1) is 12.7. The third-order valence-corrected chi connectivity index (χ3v) is 3.85. The molecule has 2 rings (SSSR count). The standard InChI is InChI=1S/C19H19ClF3NO3/c1-13(27-17-5-3-2-4-16(17)20)18(25)24-10-14-6-8-15(9-7-14)11-26-12-19(21,22)23/h2-9,13H,10-12H2,1H3,(H,24,25). The smallest absolute Gasteiger partial charge is 0.411 e. The van der Waals surface area contributed by atoms with E-state index in [0.29, 0.717) is 16.3 Å². The predicted octanol–water partition coefficient (Wildman–Crippen LogP) is 4.50. The van der Waals surface area contributed by atoms with Crippen molar-refractivity contribution in [2.45, 2.75) is 32.4 Å². The number of amides is 1. The van der Waals surface area contributed by atoms with Crippen LogP contribution in [-0.4, -0.2) is 24.8 Å². The van der Waals surface area contributed by atoms with Crippen LogP contribution in [0.2, 0.25) is 5.02 Å². The zero-order valence-electron chi connectivity index (χ0n) is 14.6. The fourth-order valence-electron chi connectivity index (χ4n) is 2.16. The molecule has 0 radical (unpaired) electrons. The van der Waals surface area contributed by atoms with Crippen LogP contribution in [-0.2, 0) is 22.7 Å². The van der Waals surface area contributed by atoms with E-state index in [4.69, 9.17) is 16.3 Å². The molecule has 0 aliphatic heterocycles. The summed E-state index contributed by atoms with van der Waals surface area (Å²) in [6.07, 6.45) is -5.08. The van der Waals surface area contributed by atoms with Crippen molar-refractivity contribution in [2.75, 3.05) is 6.61 Å². The lowest BCUT2D eigenvalue weighted by atomic mass is 10.1. The molecule has 1 unspecified atom stereocenters. The van der Waals surface area contributed by atoms with Gasteiger partial charge in [0.2, 0.25) is 0 Å². The van der Waals surface area contributed by atoms with E-state index in [0.717, 1.165) is 5.56 Å². The second-order valence-electron chi connectivity index (χ2n) is 5.83. The predicted molar refractivity (Wildman–Crippen MR) is 95.5 cm³/mol. The molecule has 0 aromatic heterocycles. The molecule has 0 saturated carbocycles. The zero-order chi connectivity index (χ0) is 19.9. The van der Waals surface area contributed by atoms with Crippen molar-refractivity contribution in [1.82, 2.24) is 5.32 Å². The molecule has 0 saturated heterocycles. The largest absolute Gasteiger partial charge is 0.479 e. The second-order valence-corrected chi connectivity index (χ2v) is 6.24. The Hall–Kier alpha value is -2.25. The number of para-hydroxylation sites is 1. The number of alkyl halides is 3. The Morgan fingerprint density at radius 2 is 1.74 bits per heavy atom.